The Bertz CT molecular complexity index is 282. The largest absolute Gasteiger partial charge is 0.0625 e. The molecule has 0 heteroatoms. The van der Waals surface area contributed by atoms with E-state index in [0.29, 0.717) is 0 Å². The predicted octanol–water partition coefficient (Wildman–Crippen LogP) is 11.4. The molecule has 1 unspecified atom stereocenters. The lowest BCUT2D eigenvalue weighted by Crippen LogP contribution is -1.91. The summed E-state index contributed by atoms with van der Waals surface area (Å²) in [6.07, 6.45) is 37.2. The summed E-state index contributed by atoms with van der Waals surface area (Å²) in [7, 11) is 0. The van der Waals surface area contributed by atoms with Crippen LogP contribution in [0.1, 0.15) is 174 Å². The molecule has 0 aromatic rings. The van der Waals surface area contributed by atoms with Crippen molar-refractivity contribution < 1.29 is 0 Å². The third-order valence-corrected chi connectivity index (χ3v) is 6.94. The average molecular weight is 421 g/mol. The van der Waals surface area contributed by atoms with Crippen LogP contribution >= 0.6 is 0 Å². The molecule has 0 nitrogen and oxygen atoms in total. The first-order valence-electron chi connectivity index (χ1n) is 14.4. The third-order valence-electron chi connectivity index (χ3n) is 6.94. The molecule has 0 aromatic heterocycles. The Labute approximate surface area is 193 Å². The zero-order chi connectivity index (χ0) is 22.0. The molecule has 1 atom stereocenters. The van der Waals surface area contributed by atoms with E-state index in [1.807, 2.05) is 0 Å². The molecule has 0 saturated carbocycles. The van der Waals surface area contributed by atoms with Crippen molar-refractivity contribution in [3.05, 3.63) is 13.8 Å². The van der Waals surface area contributed by atoms with Crippen molar-refractivity contribution in [3.8, 4) is 0 Å². The Morgan fingerprint density at radius 3 is 0.833 bits per heavy atom. The van der Waals surface area contributed by atoms with Crippen molar-refractivity contribution in [2.45, 2.75) is 174 Å². The van der Waals surface area contributed by atoms with Gasteiger partial charge in [0, 0.05) is 0 Å². The van der Waals surface area contributed by atoms with E-state index in [-0.39, 0.29) is 0 Å². The van der Waals surface area contributed by atoms with Gasteiger partial charge in [-0.05, 0) is 5.92 Å². The van der Waals surface area contributed by atoms with E-state index in [1.165, 1.54) is 154 Å². The Morgan fingerprint density at radius 2 is 0.600 bits per heavy atom. The summed E-state index contributed by atoms with van der Waals surface area (Å²) >= 11 is 0. The first kappa shape index (κ1) is 30.0. The summed E-state index contributed by atoms with van der Waals surface area (Å²) in [5.41, 5.74) is 0. The van der Waals surface area contributed by atoms with Gasteiger partial charge in [-0.2, -0.15) is 0 Å². The van der Waals surface area contributed by atoms with Crippen molar-refractivity contribution in [1.29, 1.82) is 0 Å². The van der Waals surface area contributed by atoms with Crippen LogP contribution in [0.5, 0.6) is 0 Å². The summed E-state index contributed by atoms with van der Waals surface area (Å²) < 4.78 is 0. The van der Waals surface area contributed by atoms with Gasteiger partial charge < -0.3 is 0 Å². The van der Waals surface area contributed by atoms with Gasteiger partial charge in [0.1, 0.15) is 0 Å². The van der Waals surface area contributed by atoms with Gasteiger partial charge >= 0.3 is 0 Å². The first-order chi connectivity index (χ1) is 14.8. The zero-order valence-electron chi connectivity index (χ0n) is 21.4. The molecular weight excluding hydrogens is 360 g/mol. The SMILES string of the molecule is [CH2]CCCCCCCCCCCCCCCCCCCCCCCCCC(C)C[CH2]. The standard InChI is InChI=1S/C30H60/c1-4-6-7-8-9-10-11-12-13-14-15-16-17-18-19-20-21-22-23-24-25-26-27-28-29-30(3)5-2/h30H,1-2,4-29H2,3H3. The van der Waals surface area contributed by atoms with Crippen molar-refractivity contribution >= 4 is 0 Å². The minimum Gasteiger partial charge on any atom is -0.0625 e. The molecule has 30 heavy (non-hydrogen) atoms. The minimum absolute atomic E-state index is 0.836. The molecule has 0 fully saturated rings. The van der Waals surface area contributed by atoms with E-state index in [4.69, 9.17) is 0 Å². The molecule has 0 aromatic carbocycles. The molecule has 0 aliphatic heterocycles. The first-order valence-corrected chi connectivity index (χ1v) is 14.4. The van der Waals surface area contributed by atoms with Crippen LogP contribution in [-0.2, 0) is 0 Å². The molecule has 2 radical (unpaired) electrons. The maximum Gasteiger partial charge on any atom is -0.0443 e. The van der Waals surface area contributed by atoms with Crippen molar-refractivity contribution in [1.82, 2.24) is 0 Å². The van der Waals surface area contributed by atoms with Crippen molar-refractivity contribution in [2.75, 3.05) is 0 Å². The molecule has 0 spiro atoms. The van der Waals surface area contributed by atoms with E-state index in [0.717, 1.165) is 18.8 Å². The molecule has 0 amide bonds. The lowest BCUT2D eigenvalue weighted by Gasteiger charge is -2.07. The second-order valence-corrected chi connectivity index (χ2v) is 10.2. The van der Waals surface area contributed by atoms with E-state index in [9.17, 15) is 0 Å². The van der Waals surface area contributed by atoms with Gasteiger partial charge in [0.2, 0.25) is 0 Å². The Hall–Kier alpha value is 0. The molecule has 0 saturated heterocycles. The highest BCUT2D eigenvalue weighted by Crippen LogP contribution is 2.17. The van der Waals surface area contributed by atoms with E-state index < -0.39 is 0 Å². The highest BCUT2D eigenvalue weighted by molar-refractivity contribution is 4.55. The van der Waals surface area contributed by atoms with E-state index in [2.05, 4.69) is 20.8 Å². The van der Waals surface area contributed by atoms with Crippen molar-refractivity contribution in [2.24, 2.45) is 5.92 Å². The highest BCUT2D eigenvalue weighted by atomic mass is 14.0. The summed E-state index contributed by atoms with van der Waals surface area (Å²) in [6.45, 7) is 10.2. The smallest absolute Gasteiger partial charge is 0.0443 e. The topological polar surface area (TPSA) is 0 Å². The van der Waals surface area contributed by atoms with Gasteiger partial charge in [-0.25, -0.2) is 0 Å². The van der Waals surface area contributed by atoms with Crippen LogP contribution in [0.25, 0.3) is 0 Å². The molecule has 0 aliphatic rings. The van der Waals surface area contributed by atoms with Gasteiger partial charge in [0.25, 0.3) is 0 Å². The van der Waals surface area contributed by atoms with Crippen LogP contribution in [0, 0.1) is 19.8 Å². The maximum atomic E-state index is 4.00. The van der Waals surface area contributed by atoms with Gasteiger partial charge in [-0.15, -0.1) is 0 Å². The molecule has 180 valence electrons. The molecule has 0 bridgehead atoms. The molecular formula is C30H60. The Kier molecular flexibility index (Phi) is 27.0. The van der Waals surface area contributed by atoms with Crippen LogP contribution in [0.15, 0.2) is 0 Å². The number of rotatable bonds is 26. The van der Waals surface area contributed by atoms with Crippen LogP contribution in [0.2, 0.25) is 0 Å². The Balaban J connectivity index is 3.00. The summed E-state index contributed by atoms with van der Waals surface area (Å²) in [6, 6.07) is 0. The van der Waals surface area contributed by atoms with Crippen LogP contribution in [0.4, 0.5) is 0 Å². The molecule has 0 rings (SSSR count). The summed E-state index contributed by atoms with van der Waals surface area (Å²) in [4.78, 5) is 0. The van der Waals surface area contributed by atoms with Gasteiger partial charge in [-0.1, -0.05) is 188 Å². The quantitative estimate of drug-likeness (QED) is 0.122. The second-order valence-electron chi connectivity index (χ2n) is 10.2. The van der Waals surface area contributed by atoms with Crippen LogP contribution in [0.3, 0.4) is 0 Å². The minimum atomic E-state index is 0.836. The van der Waals surface area contributed by atoms with Gasteiger partial charge in [-0.3, -0.25) is 0 Å². The summed E-state index contributed by atoms with van der Waals surface area (Å²) in [5, 5.41) is 0. The summed E-state index contributed by atoms with van der Waals surface area (Å²) in [5.74, 6) is 0.836. The van der Waals surface area contributed by atoms with Gasteiger partial charge in [0.05, 0.1) is 0 Å². The number of hydrogen-bond acceptors (Lipinski definition) is 0. The monoisotopic (exact) mass is 420 g/mol. The lowest BCUT2D eigenvalue weighted by atomic mass is 9.99. The molecule has 0 N–H and O–H groups in total. The Morgan fingerprint density at radius 1 is 0.367 bits per heavy atom. The normalized spacial score (nSPS) is 12.5. The lowest BCUT2D eigenvalue weighted by molar-refractivity contribution is 0.480. The van der Waals surface area contributed by atoms with Crippen LogP contribution < -0.4 is 0 Å². The molecule has 0 heterocycles. The molecule has 0 aliphatic carbocycles. The maximum absolute atomic E-state index is 4.00. The predicted molar refractivity (Wildman–Crippen MR) is 140 cm³/mol. The fourth-order valence-electron chi connectivity index (χ4n) is 4.53. The fourth-order valence-corrected chi connectivity index (χ4v) is 4.53. The highest BCUT2D eigenvalue weighted by Gasteiger charge is 1.99. The van der Waals surface area contributed by atoms with E-state index in [1.54, 1.807) is 0 Å². The van der Waals surface area contributed by atoms with Crippen LogP contribution in [-0.4, -0.2) is 0 Å². The third kappa shape index (κ3) is 26.0. The van der Waals surface area contributed by atoms with Gasteiger partial charge in [0.15, 0.2) is 0 Å². The van der Waals surface area contributed by atoms with E-state index >= 15 is 0 Å². The number of unbranched alkanes of at least 4 members (excludes halogenated alkanes) is 23. The second kappa shape index (κ2) is 27.0. The fraction of sp³-hybridized carbons (Fsp3) is 0.933. The van der Waals surface area contributed by atoms with Crippen molar-refractivity contribution in [3.63, 3.8) is 0 Å². The zero-order valence-corrected chi connectivity index (χ0v) is 21.4. The number of hydrogen-bond donors (Lipinski definition) is 0. The average Bonchev–Trinajstić information content (AvgIpc) is 2.76.